The lowest BCUT2D eigenvalue weighted by Crippen LogP contribution is -2.37. The van der Waals surface area contributed by atoms with Crippen molar-refractivity contribution in [1.82, 2.24) is 9.55 Å². The zero-order chi connectivity index (χ0) is 14.3. The lowest BCUT2D eigenvalue weighted by molar-refractivity contribution is -0.128. The molecule has 2 atom stereocenters. The molecule has 2 heterocycles. The largest absolute Gasteiger partial charge is 0.365 e. The van der Waals surface area contributed by atoms with Gasteiger partial charge >= 0.3 is 0 Å². The van der Waals surface area contributed by atoms with Gasteiger partial charge in [0.25, 0.3) is 5.91 Å². The van der Waals surface area contributed by atoms with Gasteiger partial charge in [-0.25, -0.2) is 4.98 Å². The van der Waals surface area contributed by atoms with Gasteiger partial charge in [-0.1, -0.05) is 12.1 Å². The highest BCUT2D eigenvalue weighted by atomic mass is 16.5. The first-order chi connectivity index (χ1) is 9.58. The molecule has 1 amide bonds. The van der Waals surface area contributed by atoms with Crippen molar-refractivity contribution in [3.05, 3.63) is 24.3 Å². The van der Waals surface area contributed by atoms with E-state index in [1.165, 1.54) is 0 Å². The monoisotopic (exact) mass is 273 g/mol. The van der Waals surface area contributed by atoms with Crippen LogP contribution < -0.4 is 4.90 Å². The highest BCUT2D eigenvalue weighted by Crippen LogP contribution is 2.24. The van der Waals surface area contributed by atoms with Crippen LogP contribution in [0.15, 0.2) is 24.3 Å². The highest BCUT2D eigenvalue weighted by Gasteiger charge is 2.32. The number of likely N-dealkylation sites (N-methyl/N-ethyl adjacent to an activating group) is 1. The molecule has 0 N–H and O–H groups in total. The van der Waals surface area contributed by atoms with Crippen molar-refractivity contribution in [1.29, 1.82) is 0 Å². The van der Waals surface area contributed by atoms with E-state index in [0.717, 1.165) is 23.9 Å². The Kier molecular flexibility index (Phi) is 3.22. The third-order valence-corrected chi connectivity index (χ3v) is 3.90. The Balaban J connectivity index is 1.90. The van der Waals surface area contributed by atoms with Crippen LogP contribution in [0.25, 0.3) is 11.0 Å². The molecule has 5 heteroatoms. The molecule has 20 heavy (non-hydrogen) atoms. The number of benzene rings is 1. The van der Waals surface area contributed by atoms with Gasteiger partial charge in [-0.05, 0) is 31.9 Å². The summed E-state index contributed by atoms with van der Waals surface area (Å²) in [5.41, 5.74) is 1.91. The van der Waals surface area contributed by atoms with Crippen molar-refractivity contribution < 1.29 is 9.53 Å². The standard InChI is InChI=1S/C15H19N3O2/c1-10-8-9-13(20-10)14(19)18(3)15-16-11-6-4-5-7-12(11)17(15)2/h4-7,10,13H,8-9H2,1-3H3/t10-,13-/m1/s1. The van der Waals surface area contributed by atoms with Crippen molar-refractivity contribution in [3.63, 3.8) is 0 Å². The molecular weight excluding hydrogens is 254 g/mol. The van der Waals surface area contributed by atoms with E-state index in [-0.39, 0.29) is 18.1 Å². The lowest BCUT2D eigenvalue weighted by Gasteiger charge is -2.20. The molecule has 0 aliphatic carbocycles. The number of amides is 1. The summed E-state index contributed by atoms with van der Waals surface area (Å²) < 4.78 is 7.59. The molecule has 2 aromatic rings. The molecule has 106 valence electrons. The van der Waals surface area contributed by atoms with E-state index in [9.17, 15) is 4.79 Å². The van der Waals surface area contributed by atoms with Crippen LogP contribution in [0.2, 0.25) is 0 Å². The maximum atomic E-state index is 12.5. The van der Waals surface area contributed by atoms with Crippen LogP contribution in [0, 0.1) is 0 Å². The first-order valence-corrected chi connectivity index (χ1v) is 6.92. The molecule has 0 radical (unpaired) electrons. The van der Waals surface area contributed by atoms with Gasteiger partial charge in [-0.2, -0.15) is 0 Å². The second kappa shape index (κ2) is 4.90. The molecule has 1 saturated heterocycles. The summed E-state index contributed by atoms with van der Waals surface area (Å²) in [7, 11) is 3.68. The fourth-order valence-corrected chi connectivity index (χ4v) is 2.73. The quantitative estimate of drug-likeness (QED) is 0.842. The number of hydrogen-bond acceptors (Lipinski definition) is 3. The average Bonchev–Trinajstić information content (AvgIpc) is 3.02. The van der Waals surface area contributed by atoms with Gasteiger partial charge < -0.3 is 9.30 Å². The number of aryl methyl sites for hydroxylation is 1. The number of nitrogens with zero attached hydrogens (tertiary/aromatic N) is 3. The van der Waals surface area contributed by atoms with Gasteiger partial charge in [0.2, 0.25) is 5.95 Å². The summed E-state index contributed by atoms with van der Waals surface area (Å²) >= 11 is 0. The van der Waals surface area contributed by atoms with Crippen molar-refractivity contribution in [3.8, 4) is 0 Å². The minimum atomic E-state index is -0.338. The lowest BCUT2D eigenvalue weighted by atomic mass is 10.2. The number of para-hydroxylation sites is 2. The van der Waals surface area contributed by atoms with Gasteiger partial charge in [0, 0.05) is 14.1 Å². The van der Waals surface area contributed by atoms with Crippen molar-refractivity contribution >= 4 is 22.9 Å². The summed E-state index contributed by atoms with van der Waals surface area (Å²) in [6.45, 7) is 2.00. The Labute approximate surface area is 118 Å². The zero-order valence-corrected chi connectivity index (χ0v) is 12.0. The predicted octanol–water partition coefficient (Wildman–Crippen LogP) is 2.10. The smallest absolute Gasteiger partial charge is 0.258 e. The van der Waals surface area contributed by atoms with E-state index in [2.05, 4.69) is 4.98 Å². The first kappa shape index (κ1) is 13.1. The molecule has 0 unspecified atom stereocenters. The third kappa shape index (κ3) is 2.08. The number of carbonyl (C=O) groups is 1. The number of anilines is 1. The van der Waals surface area contributed by atoms with Crippen LogP contribution in [0.5, 0.6) is 0 Å². The Hall–Kier alpha value is -1.88. The fourth-order valence-electron chi connectivity index (χ4n) is 2.73. The highest BCUT2D eigenvalue weighted by molar-refractivity contribution is 5.96. The van der Waals surface area contributed by atoms with Gasteiger partial charge in [0.1, 0.15) is 6.10 Å². The van der Waals surface area contributed by atoms with Crippen LogP contribution in [0.1, 0.15) is 19.8 Å². The van der Waals surface area contributed by atoms with Crippen molar-refractivity contribution in [2.45, 2.75) is 32.0 Å². The number of aromatic nitrogens is 2. The van der Waals surface area contributed by atoms with Gasteiger partial charge in [-0.3, -0.25) is 9.69 Å². The van der Waals surface area contributed by atoms with Crippen LogP contribution in [-0.2, 0) is 16.6 Å². The molecule has 3 rings (SSSR count). The topological polar surface area (TPSA) is 47.4 Å². The summed E-state index contributed by atoms with van der Waals surface area (Å²) in [4.78, 5) is 18.6. The third-order valence-electron chi connectivity index (χ3n) is 3.90. The van der Waals surface area contributed by atoms with Gasteiger partial charge in [0.05, 0.1) is 17.1 Å². The van der Waals surface area contributed by atoms with E-state index in [0.29, 0.717) is 5.95 Å². The number of rotatable bonds is 2. The van der Waals surface area contributed by atoms with Gasteiger partial charge in [-0.15, -0.1) is 0 Å². The molecule has 1 aromatic heterocycles. The maximum absolute atomic E-state index is 12.5. The molecule has 0 saturated carbocycles. The molecule has 5 nitrogen and oxygen atoms in total. The Morgan fingerprint density at radius 1 is 1.40 bits per heavy atom. The number of hydrogen-bond donors (Lipinski definition) is 0. The normalized spacial score (nSPS) is 22.4. The van der Waals surface area contributed by atoms with Crippen LogP contribution in [0.4, 0.5) is 5.95 Å². The number of carbonyl (C=O) groups excluding carboxylic acids is 1. The predicted molar refractivity (Wildman–Crippen MR) is 77.7 cm³/mol. The number of imidazole rings is 1. The SMILES string of the molecule is C[C@@H]1CC[C@H](C(=O)N(C)c2nc3ccccc3n2C)O1. The molecule has 1 aromatic carbocycles. The van der Waals surface area contributed by atoms with Crippen LogP contribution >= 0.6 is 0 Å². The first-order valence-electron chi connectivity index (χ1n) is 6.92. The van der Waals surface area contributed by atoms with Crippen molar-refractivity contribution in [2.75, 3.05) is 11.9 Å². The van der Waals surface area contributed by atoms with E-state index in [1.807, 2.05) is 42.8 Å². The van der Waals surface area contributed by atoms with E-state index < -0.39 is 0 Å². The van der Waals surface area contributed by atoms with Crippen LogP contribution in [0.3, 0.4) is 0 Å². The number of ether oxygens (including phenoxy) is 1. The second-order valence-corrected chi connectivity index (χ2v) is 5.37. The summed E-state index contributed by atoms with van der Waals surface area (Å²) in [5, 5.41) is 0. The fraction of sp³-hybridized carbons (Fsp3) is 0.467. The van der Waals surface area contributed by atoms with Crippen LogP contribution in [-0.4, -0.2) is 34.7 Å². The molecule has 1 fully saturated rings. The second-order valence-electron chi connectivity index (χ2n) is 5.37. The molecule has 0 spiro atoms. The van der Waals surface area contributed by atoms with E-state index in [1.54, 1.807) is 11.9 Å². The van der Waals surface area contributed by atoms with E-state index >= 15 is 0 Å². The Morgan fingerprint density at radius 3 is 2.80 bits per heavy atom. The van der Waals surface area contributed by atoms with Gasteiger partial charge in [0.15, 0.2) is 0 Å². The molecule has 1 aliphatic heterocycles. The molecule has 0 bridgehead atoms. The average molecular weight is 273 g/mol. The summed E-state index contributed by atoms with van der Waals surface area (Å²) in [6.07, 6.45) is 1.55. The van der Waals surface area contributed by atoms with Crippen molar-refractivity contribution in [2.24, 2.45) is 7.05 Å². The summed E-state index contributed by atoms with van der Waals surface area (Å²) in [5.74, 6) is 0.632. The minimum Gasteiger partial charge on any atom is -0.365 e. The minimum absolute atomic E-state index is 0.0206. The summed E-state index contributed by atoms with van der Waals surface area (Å²) in [6, 6.07) is 7.86. The maximum Gasteiger partial charge on any atom is 0.258 e. The molecular formula is C15H19N3O2. The Morgan fingerprint density at radius 2 is 2.15 bits per heavy atom. The zero-order valence-electron chi connectivity index (χ0n) is 12.0. The number of fused-ring (bicyclic) bond motifs is 1. The molecule has 1 aliphatic rings. The van der Waals surface area contributed by atoms with E-state index in [4.69, 9.17) is 4.74 Å². The Bertz CT molecular complexity index is 650.